The zero-order valence-corrected chi connectivity index (χ0v) is 15.8. The van der Waals surface area contributed by atoms with Crippen molar-refractivity contribution in [3.8, 4) is 22.5 Å². The number of benzene rings is 2. The van der Waals surface area contributed by atoms with Crippen molar-refractivity contribution < 1.29 is 0 Å². The van der Waals surface area contributed by atoms with Crippen molar-refractivity contribution >= 4 is 5.82 Å². The van der Waals surface area contributed by atoms with Crippen molar-refractivity contribution in [3.05, 3.63) is 71.7 Å². The van der Waals surface area contributed by atoms with Crippen LogP contribution in [0.1, 0.15) is 24.0 Å². The van der Waals surface area contributed by atoms with E-state index in [9.17, 15) is 0 Å². The molecule has 4 rings (SSSR count). The second kappa shape index (κ2) is 7.96. The molecule has 0 bridgehead atoms. The van der Waals surface area contributed by atoms with E-state index in [1.165, 1.54) is 5.56 Å². The summed E-state index contributed by atoms with van der Waals surface area (Å²) < 4.78 is 0. The summed E-state index contributed by atoms with van der Waals surface area (Å²) >= 11 is 0. The van der Waals surface area contributed by atoms with Gasteiger partial charge in [-0.05, 0) is 40.5 Å². The Kier molecular flexibility index (Phi) is 5.05. The van der Waals surface area contributed by atoms with Crippen LogP contribution < -0.4 is 5.32 Å². The lowest BCUT2D eigenvalue weighted by molar-refractivity contribution is 0.881. The number of aromatic nitrogens is 6. The minimum absolute atomic E-state index is 0.659. The van der Waals surface area contributed by atoms with E-state index in [1.807, 2.05) is 31.2 Å². The maximum atomic E-state index is 4.46. The van der Waals surface area contributed by atoms with Gasteiger partial charge in [-0.2, -0.15) is 0 Å². The molecule has 0 saturated carbocycles. The monoisotopic (exact) mass is 371 g/mol. The summed E-state index contributed by atoms with van der Waals surface area (Å²) in [5.74, 6) is 2.31. The third-order valence-corrected chi connectivity index (χ3v) is 4.52. The molecule has 0 spiro atoms. The zero-order valence-electron chi connectivity index (χ0n) is 15.8. The van der Waals surface area contributed by atoms with Crippen LogP contribution in [0.4, 0.5) is 5.82 Å². The van der Waals surface area contributed by atoms with Crippen molar-refractivity contribution in [2.45, 2.75) is 26.8 Å². The minimum atomic E-state index is 0.659. The van der Waals surface area contributed by atoms with Gasteiger partial charge in [0, 0.05) is 23.9 Å². The van der Waals surface area contributed by atoms with Gasteiger partial charge in [0.25, 0.3) is 0 Å². The molecule has 0 unspecified atom stereocenters. The number of anilines is 1. The molecule has 0 saturated heterocycles. The number of hydrogen-bond acceptors (Lipinski definition) is 6. The Balaban J connectivity index is 1.52. The minimum Gasteiger partial charge on any atom is -0.366 e. The average Bonchev–Trinajstić information content (AvgIpc) is 3.27. The van der Waals surface area contributed by atoms with E-state index >= 15 is 0 Å². The van der Waals surface area contributed by atoms with Crippen LogP contribution in [0.25, 0.3) is 22.5 Å². The molecular weight excluding hydrogens is 350 g/mol. The van der Waals surface area contributed by atoms with Gasteiger partial charge in [0.2, 0.25) is 0 Å². The Morgan fingerprint density at radius 1 is 0.964 bits per heavy atom. The van der Waals surface area contributed by atoms with Crippen LogP contribution in [0, 0.1) is 6.92 Å². The first-order chi connectivity index (χ1) is 13.7. The molecule has 0 aliphatic carbocycles. The van der Waals surface area contributed by atoms with Crippen LogP contribution in [0.15, 0.2) is 54.6 Å². The van der Waals surface area contributed by atoms with E-state index in [1.54, 1.807) is 0 Å². The van der Waals surface area contributed by atoms with Gasteiger partial charge in [0.15, 0.2) is 5.82 Å². The van der Waals surface area contributed by atoms with Gasteiger partial charge in [-0.15, -0.1) is 5.10 Å². The molecule has 2 aromatic heterocycles. The number of nitrogens with one attached hydrogen (secondary N) is 2. The van der Waals surface area contributed by atoms with Gasteiger partial charge in [-0.1, -0.05) is 55.5 Å². The Bertz CT molecular complexity index is 1060. The van der Waals surface area contributed by atoms with Crippen molar-refractivity contribution in [2.24, 2.45) is 0 Å². The van der Waals surface area contributed by atoms with Gasteiger partial charge in [0.05, 0.1) is 0 Å². The molecule has 0 fully saturated rings. The van der Waals surface area contributed by atoms with E-state index in [0.717, 1.165) is 40.4 Å². The van der Waals surface area contributed by atoms with Gasteiger partial charge in [-0.25, -0.2) is 15.1 Å². The third-order valence-electron chi connectivity index (χ3n) is 4.52. The highest BCUT2D eigenvalue weighted by Crippen LogP contribution is 2.29. The summed E-state index contributed by atoms with van der Waals surface area (Å²) in [5.41, 5.74) is 5.39. The van der Waals surface area contributed by atoms with Crippen LogP contribution in [0.2, 0.25) is 0 Å². The van der Waals surface area contributed by atoms with Gasteiger partial charge in [-0.3, -0.25) is 0 Å². The number of aryl methyl sites for hydroxylation is 2. The highest BCUT2D eigenvalue weighted by Gasteiger charge is 2.10. The number of rotatable bonds is 6. The Morgan fingerprint density at radius 2 is 1.75 bits per heavy atom. The molecule has 0 amide bonds. The summed E-state index contributed by atoms with van der Waals surface area (Å²) in [6.07, 6.45) is 0.896. The van der Waals surface area contributed by atoms with Crippen LogP contribution in [-0.2, 0) is 13.0 Å². The molecule has 0 aliphatic heterocycles. The highest BCUT2D eigenvalue weighted by atomic mass is 15.5. The van der Waals surface area contributed by atoms with Crippen molar-refractivity contribution in [2.75, 3.05) is 5.32 Å². The molecule has 2 heterocycles. The summed E-state index contributed by atoms with van der Waals surface area (Å²) in [5, 5.41) is 17.6. The predicted molar refractivity (Wildman–Crippen MR) is 109 cm³/mol. The fraction of sp³-hybridized carbons (Fsp3) is 0.190. The summed E-state index contributed by atoms with van der Waals surface area (Å²) in [4.78, 5) is 8.87. The maximum Gasteiger partial charge on any atom is 0.180 e. The first kappa shape index (κ1) is 17.8. The molecular formula is C21H21N7. The third kappa shape index (κ3) is 3.88. The van der Waals surface area contributed by atoms with Gasteiger partial charge in [0.1, 0.15) is 11.6 Å². The lowest BCUT2D eigenvalue weighted by Crippen LogP contribution is -2.04. The molecule has 28 heavy (non-hydrogen) atoms. The molecule has 0 aliphatic rings. The zero-order chi connectivity index (χ0) is 19.3. The molecule has 0 atom stereocenters. The van der Waals surface area contributed by atoms with Crippen LogP contribution in [0.3, 0.4) is 0 Å². The Morgan fingerprint density at radius 3 is 2.46 bits per heavy atom. The number of aromatic amines is 1. The molecule has 4 aromatic rings. The quantitative estimate of drug-likeness (QED) is 0.535. The van der Waals surface area contributed by atoms with E-state index in [4.69, 9.17) is 0 Å². The fourth-order valence-electron chi connectivity index (χ4n) is 3.11. The van der Waals surface area contributed by atoms with Gasteiger partial charge >= 0.3 is 0 Å². The fourth-order valence-corrected chi connectivity index (χ4v) is 3.11. The molecule has 140 valence electrons. The summed E-state index contributed by atoms with van der Waals surface area (Å²) in [7, 11) is 0. The van der Waals surface area contributed by atoms with E-state index in [-0.39, 0.29) is 0 Å². The normalized spacial score (nSPS) is 10.8. The molecule has 2 N–H and O–H groups in total. The van der Waals surface area contributed by atoms with E-state index in [2.05, 4.69) is 73.2 Å². The van der Waals surface area contributed by atoms with E-state index < -0.39 is 0 Å². The average molecular weight is 371 g/mol. The number of tetrazole rings is 1. The summed E-state index contributed by atoms with van der Waals surface area (Å²) in [6, 6.07) is 18.5. The summed E-state index contributed by atoms with van der Waals surface area (Å²) in [6.45, 7) is 4.71. The van der Waals surface area contributed by atoms with Crippen LogP contribution >= 0.6 is 0 Å². The first-order valence-electron chi connectivity index (χ1n) is 9.24. The smallest absolute Gasteiger partial charge is 0.180 e. The Hall–Kier alpha value is -3.61. The second-order valence-electron chi connectivity index (χ2n) is 6.49. The highest BCUT2D eigenvalue weighted by molar-refractivity contribution is 5.80. The molecule has 7 nitrogen and oxygen atoms in total. The lowest BCUT2D eigenvalue weighted by atomic mass is 9.98. The van der Waals surface area contributed by atoms with E-state index in [0.29, 0.717) is 12.4 Å². The number of hydrogen-bond donors (Lipinski definition) is 2. The molecule has 2 aromatic carbocycles. The first-order valence-corrected chi connectivity index (χ1v) is 9.24. The van der Waals surface area contributed by atoms with Crippen molar-refractivity contribution in [3.63, 3.8) is 0 Å². The number of nitrogens with zero attached hydrogens (tertiary/aromatic N) is 5. The predicted octanol–water partition coefficient (Wildman–Crippen LogP) is 3.81. The molecule has 7 heteroatoms. The maximum absolute atomic E-state index is 4.46. The van der Waals surface area contributed by atoms with Gasteiger partial charge < -0.3 is 5.32 Å². The topological polar surface area (TPSA) is 92.3 Å². The largest absolute Gasteiger partial charge is 0.366 e. The Labute approximate surface area is 163 Å². The lowest BCUT2D eigenvalue weighted by Gasteiger charge is -2.10. The van der Waals surface area contributed by atoms with Crippen molar-refractivity contribution in [1.29, 1.82) is 0 Å². The molecule has 0 radical (unpaired) electrons. The number of H-pyrrole nitrogens is 1. The standard InChI is InChI=1S/C21H21N7/c1-3-17-12-20(24-14(2)23-17)22-13-15-8-10-16(11-9-15)18-6-4-5-7-19(18)21-25-27-28-26-21/h4-12H,3,13H2,1-2H3,(H,22,23,24)(H,25,26,27,28). The second-order valence-corrected chi connectivity index (χ2v) is 6.49. The van der Waals surface area contributed by atoms with Crippen molar-refractivity contribution in [1.82, 2.24) is 30.6 Å². The van der Waals surface area contributed by atoms with Crippen LogP contribution in [-0.4, -0.2) is 30.6 Å². The van der Waals surface area contributed by atoms with Crippen LogP contribution in [0.5, 0.6) is 0 Å². The SMILES string of the molecule is CCc1cc(NCc2ccc(-c3ccccc3-c3nnn[nH]3)cc2)nc(C)n1.